The molecule has 9 heteroatoms. The summed E-state index contributed by atoms with van der Waals surface area (Å²) in [7, 11) is 0. The highest BCUT2D eigenvalue weighted by Gasteiger charge is 2.10. The molecule has 0 saturated carbocycles. The van der Waals surface area contributed by atoms with Gasteiger partial charge in [0.2, 0.25) is 0 Å². The number of carbonyl (C=O) groups excluding carboxylic acids is 1. The quantitative estimate of drug-likeness (QED) is 0.526. The number of pyridine rings is 2. The first-order valence-electron chi connectivity index (χ1n) is 8.63. The van der Waals surface area contributed by atoms with Crippen molar-refractivity contribution in [2.45, 2.75) is 6.61 Å². The van der Waals surface area contributed by atoms with E-state index in [1.54, 1.807) is 42.7 Å². The van der Waals surface area contributed by atoms with Gasteiger partial charge in [0.1, 0.15) is 25.0 Å². The summed E-state index contributed by atoms with van der Waals surface area (Å²) < 4.78 is 7.21. The first-order chi connectivity index (χ1) is 14.2. The minimum absolute atomic E-state index is 0.303. The van der Waals surface area contributed by atoms with Gasteiger partial charge in [-0.2, -0.15) is 5.10 Å². The molecule has 3 aromatic heterocycles. The van der Waals surface area contributed by atoms with Crippen molar-refractivity contribution in [1.29, 1.82) is 0 Å². The number of carbonyl (C=O) groups is 1. The Balaban J connectivity index is 1.40. The zero-order valence-electron chi connectivity index (χ0n) is 15.1. The van der Waals surface area contributed by atoms with Gasteiger partial charge in [0.15, 0.2) is 5.82 Å². The van der Waals surface area contributed by atoms with Crippen LogP contribution in [-0.4, -0.2) is 30.6 Å². The van der Waals surface area contributed by atoms with Gasteiger partial charge in [-0.25, -0.2) is 14.6 Å². The summed E-state index contributed by atoms with van der Waals surface area (Å²) in [6, 6.07) is 12.2. The number of anilines is 1. The van der Waals surface area contributed by atoms with Crippen LogP contribution in [0.1, 0.15) is 15.9 Å². The number of amides is 1. The second-order valence-corrected chi connectivity index (χ2v) is 6.40. The topological polar surface area (TPSA) is 94.8 Å². The average Bonchev–Trinajstić information content (AvgIpc) is 3.29. The molecule has 0 spiro atoms. The van der Waals surface area contributed by atoms with E-state index in [1.807, 2.05) is 12.1 Å². The van der Waals surface area contributed by atoms with Crippen molar-refractivity contribution in [2.75, 3.05) is 5.32 Å². The molecule has 144 valence electrons. The van der Waals surface area contributed by atoms with Gasteiger partial charge in [-0.1, -0.05) is 17.7 Å². The van der Waals surface area contributed by atoms with E-state index in [1.165, 1.54) is 23.5 Å². The highest BCUT2D eigenvalue weighted by molar-refractivity contribution is 6.32. The third kappa shape index (κ3) is 4.56. The fourth-order valence-electron chi connectivity index (χ4n) is 2.53. The number of aromatic nitrogens is 5. The van der Waals surface area contributed by atoms with Gasteiger partial charge in [0.25, 0.3) is 5.91 Å². The van der Waals surface area contributed by atoms with Gasteiger partial charge in [-0.15, -0.1) is 0 Å². The van der Waals surface area contributed by atoms with Crippen LogP contribution in [0.25, 0.3) is 5.82 Å². The molecular formula is C20H15ClN6O2. The molecule has 0 unspecified atom stereocenters. The van der Waals surface area contributed by atoms with Crippen molar-refractivity contribution in [1.82, 2.24) is 24.7 Å². The minimum atomic E-state index is -0.303. The lowest BCUT2D eigenvalue weighted by atomic mass is 10.2. The maximum absolute atomic E-state index is 12.5. The number of rotatable bonds is 6. The van der Waals surface area contributed by atoms with E-state index < -0.39 is 0 Å². The van der Waals surface area contributed by atoms with Crippen LogP contribution in [0.4, 0.5) is 5.69 Å². The third-order valence-corrected chi connectivity index (χ3v) is 4.27. The number of halogens is 1. The van der Waals surface area contributed by atoms with E-state index in [2.05, 4.69) is 25.4 Å². The van der Waals surface area contributed by atoms with Crippen LogP contribution in [0.3, 0.4) is 0 Å². The molecule has 1 amide bonds. The fourth-order valence-corrected chi connectivity index (χ4v) is 2.76. The summed E-state index contributed by atoms with van der Waals surface area (Å²) in [5.41, 5.74) is 1.89. The molecule has 0 atom stereocenters. The molecule has 29 heavy (non-hydrogen) atoms. The second kappa shape index (κ2) is 8.49. The van der Waals surface area contributed by atoms with E-state index in [4.69, 9.17) is 16.3 Å². The zero-order valence-corrected chi connectivity index (χ0v) is 15.8. The number of hydrogen-bond acceptors (Lipinski definition) is 6. The molecular weight excluding hydrogens is 392 g/mol. The highest BCUT2D eigenvalue weighted by Crippen LogP contribution is 2.28. The molecule has 0 aliphatic rings. The Hall–Kier alpha value is -3.78. The molecule has 0 fully saturated rings. The van der Waals surface area contributed by atoms with Crippen molar-refractivity contribution < 1.29 is 9.53 Å². The molecule has 0 aliphatic heterocycles. The van der Waals surface area contributed by atoms with Crippen LogP contribution < -0.4 is 10.1 Å². The first kappa shape index (κ1) is 18.6. The average molecular weight is 407 g/mol. The minimum Gasteiger partial charge on any atom is -0.487 e. The molecule has 0 radical (unpaired) electrons. The summed E-state index contributed by atoms with van der Waals surface area (Å²) in [4.78, 5) is 24.6. The van der Waals surface area contributed by atoms with E-state index in [9.17, 15) is 4.79 Å². The van der Waals surface area contributed by atoms with Gasteiger partial charge in [-0.05, 0) is 36.4 Å². The van der Waals surface area contributed by atoms with Crippen LogP contribution in [0.2, 0.25) is 5.02 Å². The van der Waals surface area contributed by atoms with Crippen molar-refractivity contribution in [3.05, 3.63) is 89.9 Å². The maximum atomic E-state index is 12.5. The Labute approximate surface area is 171 Å². The van der Waals surface area contributed by atoms with Gasteiger partial charge < -0.3 is 10.1 Å². The smallest absolute Gasteiger partial charge is 0.257 e. The highest BCUT2D eigenvalue weighted by atomic mass is 35.5. The van der Waals surface area contributed by atoms with E-state index in [-0.39, 0.29) is 5.91 Å². The first-order valence-corrected chi connectivity index (χ1v) is 9.00. The van der Waals surface area contributed by atoms with Crippen molar-refractivity contribution in [3.63, 3.8) is 0 Å². The van der Waals surface area contributed by atoms with Gasteiger partial charge >= 0.3 is 0 Å². The predicted molar refractivity (Wildman–Crippen MR) is 107 cm³/mol. The Kier molecular flexibility index (Phi) is 5.44. The number of ether oxygens (including phenoxy) is 1. The lowest BCUT2D eigenvalue weighted by Gasteiger charge is -2.10. The second-order valence-electron chi connectivity index (χ2n) is 5.99. The number of hydrogen-bond donors (Lipinski definition) is 1. The molecule has 0 bridgehead atoms. The molecule has 0 aliphatic carbocycles. The van der Waals surface area contributed by atoms with Crippen LogP contribution >= 0.6 is 11.6 Å². The summed E-state index contributed by atoms with van der Waals surface area (Å²) in [6.07, 6.45) is 7.84. The Morgan fingerprint density at radius 2 is 2.07 bits per heavy atom. The SMILES string of the molecule is O=C(Nc1ccc(OCc2cccnc2)c(Cl)c1)c1ccc(-n2cncn2)nc1. The predicted octanol–water partition coefficient (Wildman–Crippen LogP) is 3.54. The van der Waals surface area contributed by atoms with E-state index in [0.29, 0.717) is 34.4 Å². The summed E-state index contributed by atoms with van der Waals surface area (Å²) in [5.74, 6) is 0.785. The molecule has 4 rings (SSSR count). The van der Waals surface area contributed by atoms with Gasteiger partial charge in [0.05, 0.1) is 10.6 Å². The molecule has 1 N–H and O–H groups in total. The molecule has 8 nitrogen and oxygen atoms in total. The van der Waals surface area contributed by atoms with Crippen molar-refractivity contribution in [3.8, 4) is 11.6 Å². The van der Waals surface area contributed by atoms with Crippen molar-refractivity contribution in [2.24, 2.45) is 0 Å². The third-order valence-electron chi connectivity index (χ3n) is 3.97. The summed E-state index contributed by atoms with van der Waals surface area (Å²) in [6.45, 7) is 0.350. The number of nitrogens with zero attached hydrogens (tertiary/aromatic N) is 5. The fraction of sp³-hybridized carbons (Fsp3) is 0.0500. The Bertz CT molecular complexity index is 1100. The lowest BCUT2D eigenvalue weighted by Crippen LogP contribution is -2.12. The van der Waals surface area contributed by atoms with Crippen LogP contribution in [0.15, 0.2) is 73.7 Å². The normalized spacial score (nSPS) is 10.5. The standard InChI is InChI=1S/C20H15ClN6O2/c21-17-8-16(4-5-18(17)29-11-14-2-1-7-22-9-14)26-20(28)15-3-6-19(24-10-15)27-13-23-12-25-27/h1-10,12-13H,11H2,(H,26,28). The summed E-state index contributed by atoms with van der Waals surface area (Å²) in [5, 5.41) is 7.18. The van der Waals surface area contributed by atoms with Crippen LogP contribution in [-0.2, 0) is 6.61 Å². The number of nitrogens with one attached hydrogen (secondary N) is 1. The van der Waals surface area contributed by atoms with Crippen molar-refractivity contribution >= 4 is 23.2 Å². The molecule has 3 heterocycles. The molecule has 1 aromatic carbocycles. The van der Waals surface area contributed by atoms with Gasteiger partial charge in [0, 0.05) is 29.8 Å². The monoisotopic (exact) mass is 406 g/mol. The Morgan fingerprint density at radius 1 is 1.14 bits per heavy atom. The molecule has 4 aromatic rings. The largest absolute Gasteiger partial charge is 0.487 e. The van der Waals surface area contributed by atoms with Gasteiger partial charge in [-0.3, -0.25) is 9.78 Å². The number of benzene rings is 1. The zero-order chi connectivity index (χ0) is 20.1. The van der Waals surface area contributed by atoms with Crippen LogP contribution in [0, 0.1) is 0 Å². The van der Waals surface area contributed by atoms with E-state index >= 15 is 0 Å². The Morgan fingerprint density at radius 3 is 2.76 bits per heavy atom. The lowest BCUT2D eigenvalue weighted by molar-refractivity contribution is 0.102. The molecule has 0 saturated heterocycles. The maximum Gasteiger partial charge on any atom is 0.257 e. The van der Waals surface area contributed by atoms with E-state index in [0.717, 1.165) is 5.56 Å². The van der Waals surface area contributed by atoms with Crippen LogP contribution in [0.5, 0.6) is 5.75 Å². The summed E-state index contributed by atoms with van der Waals surface area (Å²) >= 11 is 6.28.